The molecule has 0 aliphatic heterocycles. The third-order valence-electron chi connectivity index (χ3n) is 2.66. The summed E-state index contributed by atoms with van der Waals surface area (Å²) in [5, 5.41) is 15.2. The van der Waals surface area contributed by atoms with Crippen molar-refractivity contribution in [2.45, 2.75) is 26.8 Å². The lowest BCUT2D eigenvalue weighted by Crippen LogP contribution is -2.12. The van der Waals surface area contributed by atoms with Crippen LogP contribution < -0.4 is 16.0 Å². The van der Waals surface area contributed by atoms with E-state index in [9.17, 15) is 10.1 Å². The predicted octanol–water partition coefficient (Wildman–Crippen LogP) is 1.55. The summed E-state index contributed by atoms with van der Waals surface area (Å²) in [6, 6.07) is 0.144. The summed E-state index contributed by atoms with van der Waals surface area (Å²) in [5.74, 6) is 5.42. The van der Waals surface area contributed by atoms with E-state index in [2.05, 4.69) is 20.5 Å². The molecule has 10 nitrogen and oxygen atoms in total. The number of aryl methyl sites for hydroxylation is 1. The Morgan fingerprint density at radius 3 is 2.71 bits per heavy atom. The van der Waals surface area contributed by atoms with Gasteiger partial charge in [0.25, 0.3) is 0 Å². The molecule has 0 amide bonds. The van der Waals surface area contributed by atoms with Crippen LogP contribution in [0.1, 0.15) is 25.6 Å². The molecule has 0 saturated heterocycles. The minimum Gasteiger partial charge on any atom is -0.430 e. The zero-order valence-corrected chi connectivity index (χ0v) is 11.8. The Kier molecular flexibility index (Phi) is 3.98. The molecular weight excluding hydrogens is 278 g/mol. The number of ether oxygens (including phenoxy) is 1. The van der Waals surface area contributed by atoms with E-state index >= 15 is 0 Å². The lowest BCUT2D eigenvalue weighted by Gasteiger charge is -2.07. The SMILES string of the molecule is Cc1nc(NN)nc(Oc2cnn(C(C)C)c2)c1[N+](=O)[O-]. The lowest BCUT2D eigenvalue weighted by atomic mass is 10.3. The van der Waals surface area contributed by atoms with Crippen LogP contribution in [-0.2, 0) is 0 Å². The summed E-state index contributed by atoms with van der Waals surface area (Å²) in [4.78, 5) is 18.3. The van der Waals surface area contributed by atoms with Gasteiger partial charge in [0.05, 0.1) is 17.3 Å². The molecule has 10 heteroatoms. The van der Waals surface area contributed by atoms with Gasteiger partial charge < -0.3 is 4.74 Å². The van der Waals surface area contributed by atoms with Gasteiger partial charge in [-0.05, 0) is 20.8 Å². The normalized spacial score (nSPS) is 10.7. The van der Waals surface area contributed by atoms with Crippen LogP contribution in [0.5, 0.6) is 11.6 Å². The van der Waals surface area contributed by atoms with Gasteiger partial charge >= 0.3 is 11.6 Å². The topological polar surface area (TPSA) is 134 Å². The van der Waals surface area contributed by atoms with Gasteiger partial charge in [0.2, 0.25) is 5.95 Å². The Balaban J connectivity index is 2.41. The minimum absolute atomic E-state index is 0.0318. The third-order valence-corrected chi connectivity index (χ3v) is 2.66. The molecule has 0 saturated carbocycles. The Labute approximate surface area is 120 Å². The van der Waals surface area contributed by atoms with Crippen LogP contribution in [0, 0.1) is 17.0 Å². The van der Waals surface area contributed by atoms with E-state index in [1.165, 1.54) is 13.1 Å². The average Bonchev–Trinajstić information content (AvgIpc) is 2.86. The largest absolute Gasteiger partial charge is 0.430 e. The van der Waals surface area contributed by atoms with Crippen molar-refractivity contribution in [2.75, 3.05) is 5.43 Å². The Morgan fingerprint density at radius 2 is 2.19 bits per heavy atom. The van der Waals surface area contributed by atoms with E-state index in [4.69, 9.17) is 10.6 Å². The standard InChI is InChI=1S/C11H15N7O3/c1-6(2)17-5-8(4-13-17)21-10-9(18(19)20)7(3)14-11(15-10)16-12/h4-6H,12H2,1-3H3,(H,14,15,16). The summed E-state index contributed by atoms with van der Waals surface area (Å²) in [7, 11) is 0. The average molecular weight is 293 g/mol. The smallest absolute Gasteiger partial charge is 0.352 e. The number of hydrogen-bond donors (Lipinski definition) is 2. The van der Waals surface area contributed by atoms with E-state index < -0.39 is 4.92 Å². The summed E-state index contributed by atoms with van der Waals surface area (Å²) in [5.41, 5.74) is 2.07. The van der Waals surface area contributed by atoms with Crippen LogP contribution in [0.3, 0.4) is 0 Å². The first-order chi connectivity index (χ1) is 9.92. The van der Waals surface area contributed by atoms with Crippen LogP contribution in [-0.4, -0.2) is 24.7 Å². The third kappa shape index (κ3) is 3.05. The van der Waals surface area contributed by atoms with Gasteiger partial charge in [0, 0.05) is 6.04 Å². The second-order valence-corrected chi connectivity index (χ2v) is 4.54. The van der Waals surface area contributed by atoms with Gasteiger partial charge in [-0.1, -0.05) is 0 Å². The van der Waals surface area contributed by atoms with Gasteiger partial charge in [-0.25, -0.2) is 10.8 Å². The number of rotatable bonds is 5. The highest BCUT2D eigenvalue weighted by Gasteiger charge is 2.24. The minimum atomic E-state index is -0.599. The number of nitrogen functional groups attached to an aromatic ring is 1. The molecule has 2 rings (SSSR count). The molecule has 0 fully saturated rings. The van der Waals surface area contributed by atoms with Crippen LogP contribution in [0.4, 0.5) is 11.6 Å². The predicted molar refractivity (Wildman–Crippen MR) is 73.9 cm³/mol. The van der Waals surface area contributed by atoms with E-state index in [0.29, 0.717) is 5.75 Å². The summed E-state index contributed by atoms with van der Waals surface area (Å²) >= 11 is 0. The maximum atomic E-state index is 11.1. The molecule has 0 unspecified atom stereocenters. The molecule has 0 aromatic carbocycles. The lowest BCUT2D eigenvalue weighted by molar-refractivity contribution is -0.386. The maximum absolute atomic E-state index is 11.1. The zero-order chi connectivity index (χ0) is 15.6. The molecule has 2 aromatic rings. The fourth-order valence-electron chi connectivity index (χ4n) is 1.65. The molecule has 21 heavy (non-hydrogen) atoms. The summed E-state index contributed by atoms with van der Waals surface area (Å²) in [6.07, 6.45) is 3.08. The van der Waals surface area contributed by atoms with Crippen LogP contribution >= 0.6 is 0 Å². The zero-order valence-electron chi connectivity index (χ0n) is 11.8. The van der Waals surface area contributed by atoms with Crippen molar-refractivity contribution < 1.29 is 9.66 Å². The fraction of sp³-hybridized carbons (Fsp3) is 0.364. The number of hydrogen-bond acceptors (Lipinski definition) is 8. The summed E-state index contributed by atoms with van der Waals surface area (Å²) < 4.78 is 7.12. The van der Waals surface area contributed by atoms with Crippen molar-refractivity contribution >= 4 is 11.6 Å². The molecule has 0 atom stereocenters. The molecule has 0 aliphatic carbocycles. The van der Waals surface area contributed by atoms with Gasteiger partial charge in [0.1, 0.15) is 5.69 Å². The molecule has 3 N–H and O–H groups in total. The van der Waals surface area contributed by atoms with Crippen LogP contribution in [0.15, 0.2) is 12.4 Å². The number of nitrogens with two attached hydrogens (primary N) is 1. The van der Waals surface area contributed by atoms with Gasteiger partial charge in [-0.2, -0.15) is 10.1 Å². The van der Waals surface area contributed by atoms with Crippen LogP contribution in [0.2, 0.25) is 0 Å². The van der Waals surface area contributed by atoms with E-state index in [1.807, 2.05) is 13.8 Å². The van der Waals surface area contributed by atoms with E-state index in [0.717, 1.165) is 0 Å². The highest BCUT2D eigenvalue weighted by atomic mass is 16.6. The second kappa shape index (κ2) is 5.71. The fourth-order valence-corrected chi connectivity index (χ4v) is 1.65. The number of anilines is 1. The number of nitrogens with one attached hydrogen (secondary N) is 1. The van der Waals surface area contributed by atoms with Gasteiger partial charge in [-0.15, -0.1) is 0 Å². The molecule has 0 bridgehead atoms. The monoisotopic (exact) mass is 293 g/mol. The van der Waals surface area contributed by atoms with Crippen molar-refractivity contribution in [3.05, 3.63) is 28.2 Å². The van der Waals surface area contributed by atoms with Gasteiger partial charge in [0.15, 0.2) is 5.75 Å². The molecule has 0 spiro atoms. The van der Waals surface area contributed by atoms with Crippen molar-refractivity contribution in [1.82, 2.24) is 19.7 Å². The van der Waals surface area contributed by atoms with Crippen molar-refractivity contribution in [1.29, 1.82) is 0 Å². The van der Waals surface area contributed by atoms with Gasteiger partial charge in [-0.3, -0.25) is 20.2 Å². The first kappa shape index (κ1) is 14.7. The molecule has 112 valence electrons. The number of nitrogens with zero attached hydrogens (tertiary/aromatic N) is 5. The van der Waals surface area contributed by atoms with E-state index in [1.54, 1.807) is 10.9 Å². The number of nitro groups is 1. The molecule has 2 aromatic heterocycles. The molecular formula is C11H15N7O3. The first-order valence-corrected chi connectivity index (χ1v) is 6.14. The second-order valence-electron chi connectivity index (χ2n) is 4.54. The van der Waals surface area contributed by atoms with Crippen molar-refractivity contribution in [3.63, 3.8) is 0 Å². The summed E-state index contributed by atoms with van der Waals surface area (Å²) in [6.45, 7) is 5.38. The Morgan fingerprint density at radius 1 is 1.48 bits per heavy atom. The Bertz CT molecular complexity index is 668. The molecule has 0 radical (unpaired) electrons. The van der Waals surface area contributed by atoms with Crippen molar-refractivity contribution in [2.24, 2.45) is 5.84 Å². The maximum Gasteiger partial charge on any atom is 0.352 e. The number of hydrazine groups is 1. The number of aromatic nitrogens is 4. The highest BCUT2D eigenvalue weighted by Crippen LogP contribution is 2.32. The molecule has 2 heterocycles. The quantitative estimate of drug-likeness (QED) is 0.481. The molecule has 0 aliphatic rings. The van der Waals surface area contributed by atoms with E-state index in [-0.39, 0.29) is 29.3 Å². The van der Waals surface area contributed by atoms with Crippen LogP contribution in [0.25, 0.3) is 0 Å². The first-order valence-electron chi connectivity index (χ1n) is 6.14. The van der Waals surface area contributed by atoms with Crippen molar-refractivity contribution in [3.8, 4) is 11.6 Å². The Hall–Kier alpha value is -2.75. The highest BCUT2D eigenvalue weighted by molar-refractivity contribution is 5.49.